The van der Waals surface area contributed by atoms with Gasteiger partial charge in [-0.1, -0.05) is 0 Å². The number of carbonyl (C=O) groups excluding carboxylic acids is 2. The molecule has 170 valence electrons. The molecule has 2 aliphatic rings. The SMILES string of the molecule is O=C1CCCC(=O)N1CCS(=O)(=O)N1CCN(c2ccc(Nc3ccncc3)nn2)CC1. The molecule has 12 heteroatoms. The summed E-state index contributed by atoms with van der Waals surface area (Å²) in [4.78, 5) is 30.8. The van der Waals surface area contributed by atoms with Gasteiger partial charge in [0.25, 0.3) is 0 Å². The number of rotatable bonds is 7. The Labute approximate surface area is 186 Å². The predicted molar refractivity (Wildman–Crippen MR) is 118 cm³/mol. The van der Waals surface area contributed by atoms with Crippen molar-refractivity contribution in [1.82, 2.24) is 24.4 Å². The fraction of sp³-hybridized carbons (Fsp3) is 0.450. The zero-order chi connectivity index (χ0) is 22.6. The van der Waals surface area contributed by atoms with Crippen LogP contribution in [0, 0.1) is 0 Å². The minimum atomic E-state index is -3.57. The molecule has 1 N–H and O–H groups in total. The number of imide groups is 1. The van der Waals surface area contributed by atoms with Crippen LogP contribution >= 0.6 is 0 Å². The van der Waals surface area contributed by atoms with E-state index in [2.05, 4.69) is 20.5 Å². The van der Waals surface area contributed by atoms with Crippen LogP contribution in [0.2, 0.25) is 0 Å². The number of likely N-dealkylation sites (tertiary alicyclic amines) is 1. The Bertz CT molecular complexity index is 1040. The number of aromatic nitrogens is 3. The van der Waals surface area contributed by atoms with Crippen LogP contribution in [-0.2, 0) is 19.6 Å². The summed E-state index contributed by atoms with van der Waals surface area (Å²) in [6.45, 7) is 1.49. The standard InChI is InChI=1S/C20H25N7O4S/c28-19-2-1-3-20(29)27(19)14-15-32(30,31)26-12-10-25(11-13-26)18-5-4-17(23-24-18)22-16-6-8-21-9-7-16/h4-9H,1-3,10-15H2,(H,21,22,23). The van der Waals surface area contributed by atoms with E-state index in [1.165, 1.54) is 4.31 Å². The average molecular weight is 460 g/mol. The number of sulfonamides is 1. The van der Waals surface area contributed by atoms with Gasteiger partial charge in [0.05, 0.1) is 5.75 Å². The van der Waals surface area contributed by atoms with E-state index in [9.17, 15) is 18.0 Å². The molecule has 0 radical (unpaired) electrons. The summed E-state index contributed by atoms with van der Waals surface area (Å²) in [5.41, 5.74) is 0.855. The first kappa shape index (κ1) is 22.1. The van der Waals surface area contributed by atoms with E-state index in [1.54, 1.807) is 12.4 Å². The van der Waals surface area contributed by atoms with Gasteiger partial charge in [-0.25, -0.2) is 8.42 Å². The topological polar surface area (TPSA) is 129 Å². The molecule has 0 bridgehead atoms. The lowest BCUT2D eigenvalue weighted by Gasteiger charge is -2.35. The molecule has 0 atom stereocenters. The predicted octanol–water partition coefficient (Wildman–Crippen LogP) is 0.606. The van der Waals surface area contributed by atoms with E-state index in [0.29, 0.717) is 57.1 Å². The fourth-order valence-corrected chi connectivity index (χ4v) is 5.12. The van der Waals surface area contributed by atoms with Gasteiger partial charge in [-0.15, -0.1) is 10.2 Å². The van der Waals surface area contributed by atoms with Crippen molar-refractivity contribution in [3.05, 3.63) is 36.7 Å². The molecule has 2 aromatic rings. The van der Waals surface area contributed by atoms with Crippen LogP contribution < -0.4 is 10.2 Å². The number of hydrogen-bond donors (Lipinski definition) is 1. The van der Waals surface area contributed by atoms with Gasteiger partial charge in [0, 0.05) is 63.6 Å². The highest BCUT2D eigenvalue weighted by Crippen LogP contribution is 2.19. The van der Waals surface area contributed by atoms with Gasteiger partial charge in [0.2, 0.25) is 21.8 Å². The summed E-state index contributed by atoms with van der Waals surface area (Å²) in [6, 6.07) is 7.31. The molecule has 0 spiro atoms. The number of hydrogen-bond acceptors (Lipinski definition) is 9. The highest BCUT2D eigenvalue weighted by atomic mass is 32.2. The number of piperidine rings is 1. The van der Waals surface area contributed by atoms with Crippen LogP contribution in [0.5, 0.6) is 0 Å². The van der Waals surface area contributed by atoms with Crippen LogP contribution in [0.4, 0.5) is 17.3 Å². The van der Waals surface area contributed by atoms with Crippen molar-refractivity contribution in [2.75, 3.05) is 48.7 Å². The van der Waals surface area contributed by atoms with Gasteiger partial charge >= 0.3 is 0 Å². The third-order valence-corrected chi connectivity index (χ3v) is 7.37. The lowest BCUT2D eigenvalue weighted by Crippen LogP contribution is -2.51. The maximum Gasteiger partial charge on any atom is 0.229 e. The molecule has 11 nitrogen and oxygen atoms in total. The van der Waals surface area contributed by atoms with E-state index in [4.69, 9.17) is 0 Å². The zero-order valence-corrected chi connectivity index (χ0v) is 18.4. The molecule has 0 saturated carbocycles. The van der Waals surface area contributed by atoms with Crippen molar-refractivity contribution < 1.29 is 18.0 Å². The second kappa shape index (κ2) is 9.57. The second-order valence-corrected chi connectivity index (χ2v) is 9.72. The van der Waals surface area contributed by atoms with Crippen molar-refractivity contribution in [1.29, 1.82) is 0 Å². The van der Waals surface area contributed by atoms with Gasteiger partial charge in [-0.3, -0.25) is 19.5 Å². The molecule has 2 amide bonds. The molecule has 0 unspecified atom stereocenters. The largest absolute Gasteiger partial charge is 0.352 e. The summed E-state index contributed by atoms with van der Waals surface area (Å²) >= 11 is 0. The number of piperazine rings is 1. The minimum Gasteiger partial charge on any atom is -0.352 e. The zero-order valence-electron chi connectivity index (χ0n) is 17.6. The van der Waals surface area contributed by atoms with Crippen molar-refractivity contribution in [2.24, 2.45) is 0 Å². The number of pyridine rings is 1. The maximum atomic E-state index is 12.7. The number of nitrogens with zero attached hydrogens (tertiary/aromatic N) is 6. The van der Waals surface area contributed by atoms with E-state index < -0.39 is 10.0 Å². The summed E-state index contributed by atoms with van der Waals surface area (Å²) in [5.74, 6) is 0.442. The molecule has 0 aliphatic carbocycles. The lowest BCUT2D eigenvalue weighted by molar-refractivity contribution is -0.147. The highest BCUT2D eigenvalue weighted by molar-refractivity contribution is 7.89. The van der Waals surface area contributed by atoms with Crippen molar-refractivity contribution in [3.63, 3.8) is 0 Å². The van der Waals surface area contributed by atoms with Crippen LogP contribution in [0.25, 0.3) is 0 Å². The maximum absolute atomic E-state index is 12.7. The van der Waals surface area contributed by atoms with Gasteiger partial charge in [-0.05, 0) is 30.7 Å². The molecule has 4 heterocycles. The molecule has 0 aromatic carbocycles. The van der Waals surface area contributed by atoms with E-state index in [-0.39, 0.29) is 24.1 Å². The first-order chi connectivity index (χ1) is 15.4. The Morgan fingerprint density at radius 3 is 2.22 bits per heavy atom. The smallest absolute Gasteiger partial charge is 0.229 e. The molecule has 4 rings (SSSR count). The average Bonchev–Trinajstić information content (AvgIpc) is 2.80. The first-order valence-electron chi connectivity index (χ1n) is 10.5. The summed E-state index contributed by atoms with van der Waals surface area (Å²) in [5, 5.41) is 11.6. The van der Waals surface area contributed by atoms with Gasteiger partial charge in [0.15, 0.2) is 11.6 Å². The molecular formula is C20H25N7O4S. The van der Waals surface area contributed by atoms with E-state index >= 15 is 0 Å². The van der Waals surface area contributed by atoms with Crippen LogP contribution in [0.1, 0.15) is 19.3 Å². The molecule has 2 saturated heterocycles. The van der Waals surface area contributed by atoms with Crippen molar-refractivity contribution in [3.8, 4) is 0 Å². The number of carbonyl (C=O) groups is 2. The third kappa shape index (κ3) is 5.19. The van der Waals surface area contributed by atoms with Gasteiger partial charge in [-0.2, -0.15) is 4.31 Å². The monoisotopic (exact) mass is 459 g/mol. The Hall–Kier alpha value is -3.12. The Morgan fingerprint density at radius 1 is 0.906 bits per heavy atom. The molecule has 2 aliphatic heterocycles. The Morgan fingerprint density at radius 2 is 1.59 bits per heavy atom. The first-order valence-corrected chi connectivity index (χ1v) is 12.1. The molecule has 2 aromatic heterocycles. The van der Waals surface area contributed by atoms with E-state index in [1.807, 2.05) is 29.2 Å². The van der Waals surface area contributed by atoms with Crippen LogP contribution in [-0.4, -0.2) is 83.1 Å². The van der Waals surface area contributed by atoms with Crippen LogP contribution in [0.3, 0.4) is 0 Å². The number of amides is 2. The molecular weight excluding hydrogens is 434 g/mol. The minimum absolute atomic E-state index is 0.0857. The quantitative estimate of drug-likeness (QED) is 0.592. The highest BCUT2D eigenvalue weighted by Gasteiger charge is 2.31. The summed E-state index contributed by atoms with van der Waals surface area (Å²) in [7, 11) is -3.57. The Balaban J connectivity index is 1.29. The van der Waals surface area contributed by atoms with Crippen molar-refractivity contribution in [2.45, 2.75) is 19.3 Å². The number of nitrogens with one attached hydrogen (secondary N) is 1. The molecule has 32 heavy (non-hydrogen) atoms. The third-order valence-electron chi connectivity index (χ3n) is 5.52. The molecule has 2 fully saturated rings. The summed E-state index contributed by atoms with van der Waals surface area (Å²) < 4.78 is 26.9. The lowest BCUT2D eigenvalue weighted by atomic mass is 10.1. The van der Waals surface area contributed by atoms with Crippen molar-refractivity contribution >= 4 is 39.2 Å². The Kier molecular flexibility index (Phi) is 6.61. The van der Waals surface area contributed by atoms with Gasteiger partial charge < -0.3 is 10.2 Å². The number of anilines is 3. The van der Waals surface area contributed by atoms with Gasteiger partial charge in [0.1, 0.15) is 0 Å². The summed E-state index contributed by atoms with van der Waals surface area (Å²) in [6.07, 6.45) is 4.48. The normalized spacial score (nSPS) is 18.1. The van der Waals surface area contributed by atoms with Crippen LogP contribution in [0.15, 0.2) is 36.7 Å². The second-order valence-electron chi connectivity index (χ2n) is 7.63. The van der Waals surface area contributed by atoms with E-state index in [0.717, 1.165) is 10.6 Å². The fourth-order valence-electron chi connectivity index (χ4n) is 3.72.